The number of rotatable bonds is 8. The van der Waals surface area contributed by atoms with Crippen molar-refractivity contribution in [3.8, 4) is 66.8 Å². The van der Waals surface area contributed by atoms with Gasteiger partial charge in [-0.1, -0.05) is 203 Å². The van der Waals surface area contributed by atoms with Gasteiger partial charge < -0.3 is 18.6 Å². The molecule has 100 heavy (non-hydrogen) atoms. The van der Waals surface area contributed by atoms with E-state index in [1.165, 1.54) is 24.3 Å². The molecule has 488 valence electrons. The van der Waals surface area contributed by atoms with E-state index in [4.69, 9.17) is 8.83 Å². The van der Waals surface area contributed by atoms with E-state index in [0.717, 1.165) is 27.8 Å². The van der Waals surface area contributed by atoms with Gasteiger partial charge in [-0.25, -0.2) is 52.7 Å². The van der Waals surface area contributed by atoms with Crippen molar-refractivity contribution < 1.29 is 65.9 Å². The molecule has 0 spiro atoms. The summed E-state index contributed by atoms with van der Waals surface area (Å²) in [5.41, 5.74) is 3.20. The van der Waals surface area contributed by atoms with Gasteiger partial charge in [-0.3, -0.25) is 0 Å². The van der Waals surface area contributed by atoms with Gasteiger partial charge >= 0.3 is 0 Å². The van der Waals surface area contributed by atoms with Gasteiger partial charge in [0.1, 0.15) is 16.7 Å². The molecule has 4 nitrogen and oxygen atoms in total. The zero-order valence-corrected chi connectivity index (χ0v) is 52.4. The molecule has 2 aliphatic heterocycles. The molecule has 0 N–H and O–H groups in total. The average molecular weight is 1350 g/mol. The Hall–Kier alpha value is -11.8. The van der Waals surface area contributed by atoms with E-state index in [2.05, 4.69) is 0 Å². The normalized spacial score (nSPS) is 12.7. The van der Waals surface area contributed by atoms with E-state index in [-0.39, 0.29) is 22.1 Å². The first-order valence-corrected chi connectivity index (χ1v) is 31.6. The number of hydrogen-bond donors (Lipinski definition) is 0. The van der Waals surface area contributed by atoms with Gasteiger partial charge in [0.05, 0.1) is 44.0 Å². The molecule has 2 aliphatic rings. The lowest BCUT2D eigenvalue weighted by atomic mass is 9.33. The first-order valence-electron chi connectivity index (χ1n) is 31.6. The second kappa shape index (κ2) is 22.6. The van der Waals surface area contributed by atoms with Crippen molar-refractivity contribution in [3.05, 3.63) is 294 Å². The number of fused-ring (bicyclic) bond motifs is 10. The maximum atomic E-state index is 17.5. The van der Waals surface area contributed by atoms with Crippen molar-refractivity contribution in [1.29, 1.82) is 0 Å². The number of furan rings is 2. The van der Waals surface area contributed by atoms with Crippen LogP contribution >= 0.6 is 0 Å². The van der Waals surface area contributed by atoms with Crippen LogP contribution in [0.1, 0.15) is 26.3 Å². The fourth-order valence-corrected chi connectivity index (χ4v) is 14.7. The Morgan fingerprint density at radius 2 is 0.660 bits per heavy atom. The van der Waals surface area contributed by atoms with Crippen LogP contribution in [0, 0.1) is 75.6 Å². The molecule has 0 saturated heterocycles. The lowest BCUT2D eigenvalue weighted by molar-refractivity contribution is 0.411. The molecular formula is C82H44BF13N2O2. The maximum absolute atomic E-state index is 17.5. The van der Waals surface area contributed by atoms with Crippen LogP contribution in [0.5, 0.6) is 0 Å². The van der Waals surface area contributed by atoms with Crippen LogP contribution in [-0.4, -0.2) is 6.71 Å². The van der Waals surface area contributed by atoms with Crippen molar-refractivity contribution in [2.75, 3.05) is 9.80 Å². The van der Waals surface area contributed by atoms with E-state index in [1.54, 1.807) is 12.1 Å². The van der Waals surface area contributed by atoms with Crippen LogP contribution < -0.4 is 26.2 Å². The van der Waals surface area contributed by atoms with E-state index >= 15 is 57.1 Å². The first-order chi connectivity index (χ1) is 48.2. The highest BCUT2D eigenvalue weighted by Crippen LogP contribution is 2.55. The molecule has 0 amide bonds. The Kier molecular flexibility index (Phi) is 14.0. The molecule has 0 aliphatic carbocycles. The van der Waals surface area contributed by atoms with Crippen molar-refractivity contribution >= 4 is 101 Å². The molecule has 18 heteroatoms. The fourth-order valence-electron chi connectivity index (χ4n) is 14.7. The van der Waals surface area contributed by atoms with Gasteiger partial charge in [0.2, 0.25) is 11.6 Å². The molecule has 0 radical (unpaired) electrons. The third-order valence-corrected chi connectivity index (χ3v) is 19.2. The number of para-hydroxylation sites is 2. The second-order valence-corrected chi connectivity index (χ2v) is 25.8. The molecule has 15 aromatic rings. The lowest BCUT2D eigenvalue weighted by Gasteiger charge is -2.46. The van der Waals surface area contributed by atoms with Crippen LogP contribution in [0.25, 0.3) is 111 Å². The molecule has 17 rings (SSSR count). The average Bonchev–Trinajstić information content (AvgIpc) is 1.72. The van der Waals surface area contributed by atoms with Gasteiger partial charge in [-0.05, 0) is 85.0 Å². The molecular weight excluding hydrogens is 1300 g/mol. The number of benzene rings is 13. The number of anilines is 6. The van der Waals surface area contributed by atoms with Gasteiger partial charge in [0.25, 0.3) is 6.71 Å². The summed E-state index contributed by atoms with van der Waals surface area (Å²) in [7, 11) is 0. The van der Waals surface area contributed by atoms with Crippen LogP contribution in [0.2, 0.25) is 0 Å². The molecule has 2 aromatic heterocycles. The predicted octanol–water partition coefficient (Wildman–Crippen LogP) is 22.7. The summed E-state index contributed by atoms with van der Waals surface area (Å²) in [4.78, 5) is 4.06. The standard InChI is InChI=1S/C82H44BF13N2O2/c1-82(2,3)45-36-55-64-56(37-45)98(78-48(41-22-12-6-13-23-41)28-17-29-49(78)42-24-14-7-15-25-42)54-33-31-44(59-67(87)73(93)70(90)62-63-71(91)74(94)75(95)76(96)81(63)100-80(59)62)35-51(54)83(64)50-34-43(58-66(86)72(92)69(89)61-60-57(99-79(58)61)38-52(84)65(85)68(60)88)30-32-53(50)97(55)77-46(39-18-8-4-9-19-39)26-16-27-47(77)40-20-10-5-11-21-40/h4-38H,1-3H3. The second-order valence-electron chi connectivity index (χ2n) is 25.8. The van der Waals surface area contributed by atoms with E-state index in [1.807, 2.05) is 200 Å². The van der Waals surface area contributed by atoms with Crippen LogP contribution in [-0.2, 0) is 5.41 Å². The van der Waals surface area contributed by atoms with Crippen molar-refractivity contribution in [2.24, 2.45) is 0 Å². The van der Waals surface area contributed by atoms with E-state index in [0.29, 0.717) is 67.9 Å². The minimum absolute atomic E-state index is 0.199. The number of halogens is 13. The van der Waals surface area contributed by atoms with E-state index in [9.17, 15) is 0 Å². The van der Waals surface area contributed by atoms with Crippen molar-refractivity contribution in [2.45, 2.75) is 26.2 Å². The van der Waals surface area contributed by atoms with Crippen molar-refractivity contribution in [1.82, 2.24) is 0 Å². The third-order valence-electron chi connectivity index (χ3n) is 19.2. The van der Waals surface area contributed by atoms with Gasteiger partial charge in [-0.15, -0.1) is 0 Å². The summed E-state index contributed by atoms with van der Waals surface area (Å²) < 4.78 is 222. The minimum atomic E-state index is -2.38. The highest BCUT2D eigenvalue weighted by molar-refractivity contribution is 7.00. The Balaban J connectivity index is 1.07. The predicted molar refractivity (Wildman–Crippen MR) is 366 cm³/mol. The zero-order chi connectivity index (χ0) is 69.2. The Labute approximate surface area is 560 Å². The first kappa shape index (κ1) is 61.8. The highest BCUT2D eigenvalue weighted by Gasteiger charge is 2.47. The molecule has 0 atom stereocenters. The molecule has 13 aromatic carbocycles. The smallest absolute Gasteiger partial charge is 0.252 e. The monoisotopic (exact) mass is 1350 g/mol. The number of hydrogen-bond acceptors (Lipinski definition) is 4. The van der Waals surface area contributed by atoms with Crippen molar-refractivity contribution in [3.63, 3.8) is 0 Å². The maximum Gasteiger partial charge on any atom is 0.252 e. The quantitative estimate of drug-likeness (QED) is 0.0657. The summed E-state index contributed by atoms with van der Waals surface area (Å²) in [6, 6.07) is 62.8. The fraction of sp³-hybridized carbons (Fsp3) is 0.0488. The summed E-state index contributed by atoms with van der Waals surface area (Å²) in [6.45, 7) is 4.86. The Bertz CT molecular complexity index is 5890. The topological polar surface area (TPSA) is 32.8 Å². The van der Waals surface area contributed by atoms with Gasteiger partial charge in [0.15, 0.2) is 69.6 Å². The summed E-state index contributed by atoms with van der Waals surface area (Å²) >= 11 is 0. The summed E-state index contributed by atoms with van der Waals surface area (Å²) in [6.07, 6.45) is 0. The number of nitrogens with zero attached hydrogens (tertiary/aromatic N) is 2. The van der Waals surface area contributed by atoms with Gasteiger partial charge in [-0.2, -0.15) is 4.39 Å². The van der Waals surface area contributed by atoms with Crippen LogP contribution in [0.4, 0.5) is 91.2 Å². The summed E-state index contributed by atoms with van der Waals surface area (Å²) in [5.74, 6) is -26.9. The summed E-state index contributed by atoms with van der Waals surface area (Å²) in [5, 5.41) is -4.67. The van der Waals surface area contributed by atoms with Crippen LogP contribution in [0.15, 0.2) is 221 Å². The molecule has 0 unspecified atom stereocenters. The van der Waals surface area contributed by atoms with Crippen LogP contribution in [0.3, 0.4) is 0 Å². The molecule has 4 heterocycles. The molecule has 0 bridgehead atoms. The SMILES string of the molecule is CC(C)(C)c1cc2c3c(c1)N(c1c(-c4ccccc4)cccc1-c1ccccc1)c1ccc(-c4c(F)c(F)c(F)c5c4oc4c(F)c(F)c(F)c(F)c45)cc1B3c1cc(-c3c(F)c(F)c(F)c4c3oc3cc(F)c(F)c(F)c34)ccc1N2c1c(-c2ccccc2)cccc1-c1ccccc1. The van der Waals surface area contributed by atoms with E-state index < -0.39 is 143 Å². The third kappa shape index (κ3) is 8.97. The van der Waals surface area contributed by atoms with Gasteiger partial charge in [0, 0.05) is 51.1 Å². The minimum Gasteiger partial charge on any atom is -0.455 e. The Morgan fingerprint density at radius 1 is 0.300 bits per heavy atom. The zero-order valence-electron chi connectivity index (χ0n) is 52.4. The highest BCUT2D eigenvalue weighted by atomic mass is 19.2. The largest absolute Gasteiger partial charge is 0.455 e. The molecule has 0 fully saturated rings. The Morgan fingerprint density at radius 3 is 1.07 bits per heavy atom. The lowest BCUT2D eigenvalue weighted by Crippen LogP contribution is -2.61. The molecule has 0 saturated carbocycles.